The molecule has 4 N–H and O–H groups in total. The third-order valence-electron chi connectivity index (χ3n) is 7.55. The van der Waals surface area contributed by atoms with E-state index < -0.39 is 12.1 Å². The third-order valence-corrected chi connectivity index (χ3v) is 8.27. The molecule has 43 heavy (non-hydrogen) atoms. The number of aliphatic carboxylic acids is 1. The Kier molecular flexibility index (Phi) is 9.73. The highest BCUT2D eigenvalue weighted by atomic mass is 32.1. The van der Waals surface area contributed by atoms with Gasteiger partial charge in [-0.15, -0.1) is 11.3 Å². The molecule has 0 unspecified atom stereocenters. The molecule has 0 radical (unpaired) electrons. The molecule has 0 saturated carbocycles. The van der Waals surface area contributed by atoms with Gasteiger partial charge in [0.15, 0.2) is 11.6 Å². The summed E-state index contributed by atoms with van der Waals surface area (Å²) in [4.78, 5) is 26.6. The minimum Gasteiger partial charge on any atom is -0.475 e. The minimum absolute atomic E-state index is 0.577. The second-order valence-electron chi connectivity index (χ2n) is 10.7. The molecule has 1 atom stereocenters. The van der Waals surface area contributed by atoms with Gasteiger partial charge in [0.1, 0.15) is 10.3 Å². The number of carbonyl (C=O) groups is 1. The van der Waals surface area contributed by atoms with Crippen molar-refractivity contribution >= 4 is 44.8 Å². The van der Waals surface area contributed by atoms with Crippen LogP contribution in [0.2, 0.25) is 0 Å². The average Bonchev–Trinajstić information content (AvgIpc) is 3.66. The summed E-state index contributed by atoms with van der Waals surface area (Å²) in [6, 6.07) is 18.3. The number of thiazole rings is 1. The van der Waals surface area contributed by atoms with Crippen LogP contribution in [0.1, 0.15) is 38.2 Å². The van der Waals surface area contributed by atoms with Gasteiger partial charge in [-0.1, -0.05) is 24.3 Å². The fourth-order valence-corrected chi connectivity index (χ4v) is 5.96. The fraction of sp³-hybridized carbons (Fsp3) is 0.400. The van der Waals surface area contributed by atoms with Gasteiger partial charge in [-0.3, -0.25) is 0 Å². The zero-order chi connectivity index (χ0) is 30.4. The minimum atomic E-state index is -5.08. The van der Waals surface area contributed by atoms with Crippen molar-refractivity contribution in [3.8, 4) is 11.4 Å². The number of piperidine rings is 1. The smallest absolute Gasteiger partial charge is 0.475 e. The summed E-state index contributed by atoms with van der Waals surface area (Å²) in [5.74, 6) is -1.28. The van der Waals surface area contributed by atoms with Gasteiger partial charge in [0, 0.05) is 42.1 Å². The summed E-state index contributed by atoms with van der Waals surface area (Å²) in [7, 11) is 0. The van der Waals surface area contributed by atoms with Crippen LogP contribution in [-0.4, -0.2) is 63.9 Å². The number of fused-ring (bicyclic) bond motifs is 1. The van der Waals surface area contributed by atoms with Gasteiger partial charge in [0.2, 0.25) is 0 Å². The summed E-state index contributed by atoms with van der Waals surface area (Å²) in [5, 5.41) is 17.8. The highest BCUT2D eigenvalue weighted by Crippen LogP contribution is 2.32. The molecule has 0 bridgehead atoms. The van der Waals surface area contributed by atoms with Crippen molar-refractivity contribution in [3.63, 3.8) is 0 Å². The monoisotopic (exact) mass is 613 g/mol. The van der Waals surface area contributed by atoms with Crippen LogP contribution in [0, 0.1) is 0 Å². The first-order chi connectivity index (χ1) is 20.7. The van der Waals surface area contributed by atoms with E-state index in [0.717, 1.165) is 59.4 Å². The largest absolute Gasteiger partial charge is 0.490 e. The first-order valence-corrected chi connectivity index (χ1v) is 15.1. The van der Waals surface area contributed by atoms with E-state index in [4.69, 9.17) is 19.9 Å². The maximum atomic E-state index is 10.6. The van der Waals surface area contributed by atoms with E-state index >= 15 is 0 Å². The van der Waals surface area contributed by atoms with Crippen LogP contribution in [0.4, 0.5) is 30.4 Å². The van der Waals surface area contributed by atoms with Crippen molar-refractivity contribution < 1.29 is 23.1 Å². The molecule has 2 aliphatic heterocycles. The first kappa shape index (κ1) is 30.6. The molecule has 2 saturated heterocycles. The summed E-state index contributed by atoms with van der Waals surface area (Å²) < 4.78 is 31.7. The topological polar surface area (TPSA) is 115 Å². The molecule has 0 spiro atoms. The van der Waals surface area contributed by atoms with Crippen molar-refractivity contribution in [2.24, 2.45) is 0 Å². The van der Waals surface area contributed by atoms with Crippen LogP contribution in [0.5, 0.6) is 0 Å². The van der Waals surface area contributed by atoms with Crippen molar-refractivity contribution in [1.29, 1.82) is 0 Å². The van der Waals surface area contributed by atoms with Gasteiger partial charge in [-0.25, -0.2) is 19.7 Å². The number of benzene rings is 2. The Morgan fingerprint density at radius 2 is 1.88 bits per heavy atom. The van der Waals surface area contributed by atoms with Crippen LogP contribution in [0.25, 0.3) is 21.7 Å². The number of carboxylic acid groups (broad SMARTS) is 1. The molecule has 2 aliphatic rings. The van der Waals surface area contributed by atoms with Crippen LogP contribution >= 0.6 is 11.3 Å². The number of hydrogen-bond donors (Lipinski definition) is 4. The van der Waals surface area contributed by atoms with Crippen LogP contribution < -0.4 is 20.9 Å². The number of hydrogen-bond acceptors (Lipinski definition) is 9. The SMILES string of the molecule is C[C@H]1CCCN1c1cccc(Nc2nc(-c3cccc(CNC4CCNCC4)c3)nc3scnc23)c1.O=C(O)C(F)(F)F. The maximum absolute atomic E-state index is 10.6. The second kappa shape index (κ2) is 13.7. The van der Waals surface area contributed by atoms with Crippen LogP contribution in [-0.2, 0) is 11.3 Å². The van der Waals surface area contributed by atoms with Gasteiger partial charge in [0.05, 0.1) is 5.51 Å². The second-order valence-corrected chi connectivity index (χ2v) is 11.5. The maximum Gasteiger partial charge on any atom is 0.490 e. The number of alkyl halides is 3. The van der Waals surface area contributed by atoms with Crippen molar-refractivity contribution in [3.05, 3.63) is 59.6 Å². The molecule has 13 heteroatoms. The highest BCUT2D eigenvalue weighted by molar-refractivity contribution is 7.16. The Bertz CT molecular complexity index is 1540. The molecular formula is C30H34F3N7O2S. The Morgan fingerprint density at radius 1 is 1.12 bits per heavy atom. The predicted molar refractivity (Wildman–Crippen MR) is 163 cm³/mol. The number of halogens is 3. The Labute approximate surface area is 251 Å². The Hall–Kier alpha value is -3.81. The van der Waals surface area contributed by atoms with E-state index in [9.17, 15) is 13.2 Å². The molecule has 228 valence electrons. The van der Waals surface area contributed by atoms with E-state index in [0.29, 0.717) is 12.1 Å². The number of aromatic nitrogens is 3. The number of carboxylic acids is 1. The lowest BCUT2D eigenvalue weighted by Gasteiger charge is -2.24. The highest BCUT2D eigenvalue weighted by Gasteiger charge is 2.38. The Morgan fingerprint density at radius 3 is 2.60 bits per heavy atom. The quantitative estimate of drug-likeness (QED) is 0.200. The third kappa shape index (κ3) is 7.98. The Balaban J connectivity index is 0.000000472. The zero-order valence-electron chi connectivity index (χ0n) is 23.7. The van der Waals surface area contributed by atoms with Crippen molar-refractivity contribution in [2.75, 3.05) is 29.9 Å². The molecule has 6 rings (SSSR count). The number of nitrogens with one attached hydrogen (secondary N) is 3. The summed E-state index contributed by atoms with van der Waals surface area (Å²) in [5.41, 5.74) is 7.20. The van der Waals surface area contributed by atoms with E-state index in [1.54, 1.807) is 11.3 Å². The average molecular weight is 614 g/mol. The van der Waals surface area contributed by atoms with Crippen molar-refractivity contribution in [2.45, 2.75) is 57.4 Å². The summed E-state index contributed by atoms with van der Waals surface area (Å²) in [6.45, 7) is 6.46. The van der Waals surface area contributed by atoms with Gasteiger partial charge in [-0.2, -0.15) is 13.2 Å². The lowest BCUT2D eigenvalue weighted by Crippen LogP contribution is -2.39. The lowest BCUT2D eigenvalue weighted by molar-refractivity contribution is -0.192. The number of nitrogens with zero attached hydrogens (tertiary/aromatic N) is 4. The molecular weight excluding hydrogens is 579 g/mol. The molecule has 4 heterocycles. The lowest BCUT2D eigenvalue weighted by atomic mass is 10.1. The van der Waals surface area contributed by atoms with E-state index in [1.807, 2.05) is 5.51 Å². The van der Waals surface area contributed by atoms with E-state index in [2.05, 4.69) is 81.3 Å². The van der Waals surface area contributed by atoms with Gasteiger partial charge < -0.3 is 26.0 Å². The number of rotatable bonds is 7. The van der Waals surface area contributed by atoms with E-state index in [1.165, 1.54) is 36.9 Å². The molecule has 0 aliphatic carbocycles. The van der Waals surface area contributed by atoms with E-state index in [-0.39, 0.29) is 0 Å². The summed E-state index contributed by atoms with van der Waals surface area (Å²) in [6.07, 6.45) is -0.228. The normalized spacial score (nSPS) is 17.5. The summed E-state index contributed by atoms with van der Waals surface area (Å²) >= 11 is 1.55. The predicted octanol–water partition coefficient (Wildman–Crippen LogP) is 5.96. The fourth-order valence-electron chi connectivity index (χ4n) is 5.30. The van der Waals surface area contributed by atoms with Gasteiger partial charge in [-0.05, 0) is 75.5 Å². The molecule has 0 amide bonds. The molecule has 2 aromatic heterocycles. The number of anilines is 3. The van der Waals surface area contributed by atoms with Crippen molar-refractivity contribution in [1.82, 2.24) is 25.6 Å². The first-order valence-electron chi connectivity index (χ1n) is 14.3. The van der Waals surface area contributed by atoms with Gasteiger partial charge in [0.25, 0.3) is 0 Å². The zero-order valence-corrected chi connectivity index (χ0v) is 24.5. The molecule has 2 aromatic carbocycles. The van der Waals surface area contributed by atoms with Crippen LogP contribution in [0.15, 0.2) is 54.0 Å². The molecule has 4 aromatic rings. The molecule has 9 nitrogen and oxygen atoms in total. The van der Waals surface area contributed by atoms with Crippen LogP contribution in [0.3, 0.4) is 0 Å². The van der Waals surface area contributed by atoms with Gasteiger partial charge >= 0.3 is 12.1 Å². The standard InChI is InChI=1S/C28H33N7S.C2HF3O2/c1-19-5-4-14-35(19)24-9-3-8-23(16-24)32-27-25-28(36-18-31-25)34-26(33-27)21-7-2-6-20(15-21)17-30-22-10-12-29-13-11-22;3-2(4,5)1(6)7/h2-3,6-9,15-16,18-19,22,29-30H,4-5,10-14,17H2,1H3,(H,32,33,34);(H,6,7)/t19-;/m0./s1. The molecule has 2 fully saturated rings.